The Morgan fingerprint density at radius 2 is 2.00 bits per heavy atom. The van der Waals surface area contributed by atoms with Gasteiger partial charge in [-0.05, 0) is 25.2 Å². The quantitative estimate of drug-likeness (QED) is 0.605. The second-order valence-corrected chi connectivity index (χ2v) is 4.65. The first kappa shape index (κ1) is 12.0. The second-order valence-electron chi connectivity index (χ2n) is 4.65. The summed E-state index contributed by atoms with van der Waals surface area (Å²) in [4.78, 5) is 22.4. The number of nitrogens with two attached hydrogens (primary N) is 1. The SMILES string of the molecule is CC(C)C[C@@H](NC(=O)C1(N)CC1)C(=O)O. The summed E-state index contributed by atoms with van der Waals surface area (Å²) in [5.74, 6) is -1.11. The summed E-state index contributed by atoms with van der Waals surface area (Å²) in [5.41, 5.74) is 4.86. The molecule has 0 aromatic heterocycles. The Balaban J connectivity index is 2.51. The lowest BCUT2D eigenvalue weighted by Gasteiger charge is -2.18. The molecule has 0 aromatic rings. The minimum atomic E-state index is -0.999. The average molecular weight is 214 g/mol. The number of carboxylic acids is 1. The van der Waals surface area contributed by atoms with Crippen molar-refractivity contribution < 1.29 is 14.7 Å². The summed E-state index contributed by atoms with van der Waals surface area (Å²) in [6.07, 6.45) is 1.72. The minimum absolute atomic E-state index is 0.222. The third-order valence-corrected chi connectivity index (χ3v) is 2.55. The van der Waals surface area contributed by atoms with Gasteiger partial charge < -0.3 is 16.2 Å². The molecule has 1 rings (SSSR count). The van der Waals surface area contributed by atoms with Crippen LogP contribution in [0.3, 0.4) is 0 Å². The molecule has 5 nitrogen and oxygen atoms in total. The maximum absolute atomic E-state index is 11.5. The van der Waals surface area contributed by atoms with Crippen LogP contribution in [-0.2, 0) is 9.59 Å². The molecule has 0 spiro atoms. The van der Waals surface area contributed by atoms with Gasteiger partial charge in [-0.15, -0.1) is 0 Å². The van der Waals surface area contributed by atoms with Crippen LogP contribution < -0.4 is 11.1 Å². The lowest BCUT2D eigenvalue weighted by Crippen LogP contribution is -2.50. The predicted molar refractivity (Wildman–Crippen MR) is 55.2 cm³/mol. The van der Waals surface area contributed by atoms with Crippen molar-refractivity contribution >= 4 is 11.9 Å². The van der Waals surface area contributed by atoms with E-state index in [1.54, 1.807) is 0 Å². The fraction of sp³-hybridized carbons (Fsp3) is 0.800. The Bertz CT molecular complexity index is 272. The zero-order valence-corrected chi connectivity index (χ0v) is 9.12. The number of carbonyl (C=O) groups is 2. The van der Waals surface area contributed by atoms with E-state index < -0.39 is 17.6 Å². The Morgan fingerprint density at radius 3 is 2.33 bits per heavy atom. The highest BCUT2D eigenvalue weighted by Crippen LogP contribution is 2.32. The molecule has 0 bridgehead atoms. The monoisotopic (exact) mass is 214 g/mol. The van der Waals surface area contributed by atoms with Crippen molar-refractivity contribution in [3.8, 4) is 0 Å². The number of aliphatic carboxylic acids is 1. The summed E-state index contributed by atoms with van der Waals surface area (Å²) < 4.78 is 0. The molecule has 1 amide bonds. The van der Waals surface area contributed by atoms with Gasteiger partial charge in [-0.3, -0.25) is 4.79 Å². The molecule has 0 unspecified atom stereocenters. The van der Waals surface area contributed by atoms with Gasteiger partial charge >= 0.3 is 5.97 Å². The second kappa shape index (κ2) is 4.18. The normalized spacial score (nSPS) is 19.7. The van der Waals surface area contributed by atoms with E-state index in [2.05, 4.69) is 5.32 Å². The predicted octanol–water partition coefficient (Wildman–Crippen LogP) is 0.0932. The van der Waals surface area contributed by atoms with E-state index in [-0.39, 0.29) is 11.8 Å². The topological polar surface area (TPSA) is 92.4 Å². The first-order valence-electron chi connectivity index (χ1n) is 5.18. The molecule has 0 radical (unpaired) electrons. The molecule has 0 heterocycles. The average Bonchev–Trinajstić information content (AvgIpc) is 2.82. The van der Waals surface area contributed by atoms with Gasteiger partial charge in [-0.25, -0.2) is 4.79 Å². The highest BCUT2D eigenvalue weighted by atomic mass is 16.4. The summed E-state index contributed by atoms with van der Waals surface area (Å²) >= 11 is 0. The number of hydrogen-bond acceptors (Lipinski definition) is 3. The van der Waals surface area contributed by atoms with Gasteiger partial charge in [0.25, 0.3) is 0 Å². The van der Waals surface area contributed by atoms with Gasteiger partial charge in [0, 0.05) is 0 Å². The Kier molecular flexibility index (Phi) is 3.34. The van der Waals surface area contributed by atoms with Crippen LogP contribution in [0.15, 0.2) is 0 Å². The van der Waals surface area contributed by atoms with E-state index >= 15 is 0 Å². The van der Waals surface area contributed by atoms with Crippen LogP contribution in [0.5, 0.6) is 0 Å². The van der Waals surface area contributed by atoms with Crippen LogP contribution in [0.1, 0.15) is 33.1 Å². The standard InChI is InChI=1S/C10H18N2O3/c1-6(2)5-7(8(13)14)12-9(15)10(11)3-4-10/h6-7H,3-5,11H2,1-2H3,(H,12,15)(H,13,14)/t7-/m1/s1. The van der Waals surface area contributed by atoms with Crippen molar-refractivity contribution in [3.63, 3.8) is 0 Å². The molecular formula is C10H18N2O3. The van der Waals surface area contributed by atoms with Crippen LogP contribution in [0.4, 0.5) is 0 Å². The van der Waals surface area contributed by atoms with Gasteiger partial charge in [0.1, 0.15) is 6.04 Å². The van der Waals surface area contributed by atoms with E-state index in [0.29, 0.717) is 19.3 Å². The molecule has 0 aliphatic heterocycles. The van der Waals surface area contributed by atoms with E-state index in [0.717, 1.165) is 0 Å². The van der Waals surface area contributed by atoms with E-state index in [1.165, 1.54) is 0 Å². The molecule has 0 saturated heterocycles. The number of amides is 1. The van der Waals surface area contributed by atoms with E-state index in [4.69, 9.17) is 10.8 Å². The summed E-state index contributed by atoms with van der Waals surface area (Å²) in [7, 11) is 0. The number of carbonyl (C=O) groups excluding carboxylic acids is 1. The smallest absolute Gasteiger partial charge is 0.326 e. The molecule has 1 fully saturated rings. The zero-order valence-electron chi connectivity index (χ0n) is 9.12. The highest BCUT2D eigenvalue weighted by Gasteiger charge is 2.46. The minimum Gasteiger partial charge on any atom is -0.480 e. The summed E-state index contributed by atoms with van der Waals surface area (Å²) in [6.45, 7) is 3.83. The van der Waals surface area contributed by atoms with Crippen LogP contribution in [0.2, 0.25) is 0 Å². The fourth-order valence-electron chi connectivity index (χ4n) is 1.36. The first-order valence-corrected chi connectivity index (χ1v) is 5.18. The van der Waals surface area contributed by atoms with E-state index in [1.807, 2.05) is 13.8 Å². The maximum atomic E-state index is 11.5. The van der Waals surface area contributed by atoms with E-state index in [9.17, 15) is 9.59 Å². The van der Waals surface area contributed by atoms with Crippen molar-refractivity contribution in [2.75, 3.05) is 0 Å². The van der Waals surface area contributed by atoms with Crippen LogP contribution in [0.25, 0.3) is 0 Å². The molecule has 0 aromatic carbocycles. The number of hydrogen-bond donors (Lipinski definition) is 3. The van der Waals surface area contributed by atoms with Crippen molar-refractivity contribution in [1.29, 1.82) is 0 Å². The van der Waals surface area contributed by atoms with Crippen molar-refractivity contribution in [2.45, 2.75) is 44.7 Å². The van der Waals surface area contributed by atoms with Crippen LogP contribution in [0, 0.1) is 5.92 Å². The van der Waals surface area contributed by atoms with Gasteiger partial charge in [0.15, 0.2) is 0 Å². The summed E-state index contributed by atoms with van der Waals surface area (Å²) in [5, 5.41) is 11.4. The third kappa shape index (κ3) is 3.20. The Morgan fingerprint density at radius 1 is 1.47 bits per heavy atom. The molecule has 86 valence electrons. The lowest BCUT2D eigenvalue weighted by molar-refractivity contribution is -0.142. The van der Waals surface area contributed by atoms with Crippen molar-refractivity contribution in [3.05, 3.63) is 0 Å². The first-order chi connectivity index (χ1) is 6.85. The number of rotatable bonds is 5. The number of carboxylic acid groups (broad SMARTS) is 1. The van der Waals surface area contributed by atoms with Crippen molar-refractivity contribution in [2.24, 2.45) is 11.7 Å². The van der Waals surface area contributed by atoms with Gasteiger partial charge in [-0.2, -0.15) is 0 Å². The highest BCUT2D eigenvalue weighted by molar-refractivity contribution is 5.92. The molecule has 1 aliphatic rings. The number of nitrogens with one attached hydrogen (secondary N) is 1. The largest absolute Gasteiger partial charge is 0.480 e. The Hall–Kier alpha value is -1.10. The third-order valence-electron chi connectivity index (χ3n) is 2.55. The lowest BCUT2D eigenvalue weighted by atomic mass is 10.0. The molecule has 1 aliphatic carbocycles. The Labute approximate surface area is 89.0 Å². The molecule has 1 atom stereocenters. The molecule has 15 heavy (non-hydrogen) atoms. The summed E-state index contributed by atoms with van der Waals surface area (Å²) in [6, 6.07) is -0.821. The van der Waals surface area contributed by atoms with Gasteiger partial charge in [0.2, 0.25) is 5.91 Å². The van der Waals surface area contributed by atoms with Gasteiger partial charge in [0.05, 0.1) is 5.54 Å². The van der Waals surface area contributed by atoms with Crippen LogP contribution >= 0.6 is 0 Å². The van der Waals surface area contributed by atoms with Crippen LogP contribution in [-0.4, -0.2) is 28.6 Å². The molecular weight excluding hydrogens is 196 g/mol. The molecule has 5 heteroatoms. The molecule has 1 saturated carbocycles. The zero-order chi connectivity index (χ0) is 11.6. The molecule has 4 N–H and O–H groups in total. The van der Waals surface area contributed by atoms with Gasteiger partial charge in [-0.1, -0.05) is 13.8 Å². The maximum Gasteiger partial charge on any atom is 0.326 e. The fourth-order valence-corrected chi connectivity index (χ4v) is 1.36. The van der Waals surface area contributed by atoms with Crippen molar-refractivity contribution in [1.82, 2.24) is 5.32 Å².